The van der Waals surface area contributed by atoms with E-state index in [0.29, 0.717) is 5.92 Å². The molecule has 4 N–H and O–H groups in total. The van der Waals surface area contributed by atoms with Gasteiger partial charge in [-0.25, -0.2) is 0 Å². The first-order valence-corrected chi connectivity index (χ1v) is 5.83. The van der Waals surface area contributed by atoms with Gasteiger partial charge in [0.2, 0.25) is 0 Å². The Morgan fingerprint density at radius 3 is 2.38 bits per heavy atom. The van der Waals surface area contributed by atoms with Gasteiger partial charge in [-0.1, -0.05) is 42.5 Å². The van der Waals surface area contributed by atoms with E-state index in [4.69, 9.17) is 11.5 Å². The third-order valence-electron chi connectivity index (χ3n) is 2.18. The number of halogens is 1. The zero-order valence-electron chi connectivity index (χ0n) is 7.97. The molecule has 1 rings (SSSR count). The lowest BCUT2D eigenvalue weighted by Crippen LogP contribution is -2.03. The monoisotopic (exact) mass is 290 g/mol. The van der Waals surface area contributed by atoms with Gasteiger partial charge in [0.05, 0.1) is 0 Å². The molecule has 1 aromatic carbocycles. The van der Waals surface area contributed by atoms with Gasteiger partial charge < -0.3 is 11.5 Å². The Morgan fingerprint density at radius 2 is 1.92 bits per heavy atom. The van der Waals surface area contributed by atoms with E-state index >= 15 is 0 Å². The van der Waals surface area contributed by atoms with Crippen LogP contribution in [0.15, 0.2) is 12.1 Å². The number of rotatable bonds is 2. The average molecular weight is 290 g/mol. The Kier molecular flexibility index (Phi) is 3.41. The smallest absolute Gasteiger partial charge is 0.0410 e. The van der Waals surface area contributed by atoms with Gasteiger partial charge in [0, 0.05) is 21.4 Å². The molecule has 3 heteroatoms. The van der Waals surface area contributed by atoms with Crippen LogP contribution in [0.5, 0.6) is 0 Å². The normalized spacial score (nSPS) is 10.8. The van der Waals surface area contributed by atoms with Crippen LogP contribution in [0, 0.1) is 0 Å². The van der Waals surface area contributed by atoms with E-state index in [1.165, 1.54) is 5.56 Å². The summed E-state index contributed by atoms with van der Waals surface area (Å²) < 4.78 is 0.871. The lowest BCUT2D eigenvalue weighted by Gasteiger charge is -2.14. The van der Waals surface area contributed by atoms with Crippen molar-refractivity contribution in [1.82, 2.24) is 0 Å². The third kappa shape index (κ3) is 2.07. The molecule has 2 nitrogen and oxygen atoms in total. The third-order valence-corrected chi connectivity index (χ3v) is 2.95. The first-order valence-electron chi connectivity index (χ1n) is 4.30. The number of alkyl halides is 1. The van der Waals surface area contributed by atoms with Crippen molar-refractivity contribution in [2.24, 2.45) is 0 Å². The summed E-state index contributed by atoms with van der Waals surface area (Å²) in [5, 5.41) is 0. The molecular weight excluding hydrogens is 275 g/mol. The van der Waals surface area contributed by atoms with Crippen LogP contribution in [0.3, 0.4) is 0 Å². The predicted molar refractivity (Wildman–Crippen MR) is 67.1 cm³/mol. The highest BCUT2D eigenvalue weighted by Gasteiger charge is 2.09. The second kappa shape index (κ2) is 4.17. The maximum Gasteiger partial charge on any atom is 0.0410 e. The lowest BCUT2D eigenvalue weighted by molar-refractivity contribution is 0.869. The predicted octanol–water partition coefficient (Wildman–Crippen LogP) is 2.91. The molecule has 0 aromatic heterocycles. The summed E-state index contributed by atoms with van der Waals surface area (Å²) in [6.45, 7) is 4.28. The molecule has 0 aliphatic carbocycles. The Hall–Kier alpha value is -0.450. The van der Waals surface area contributed by atoms with E-state index in [9.17, 15) is 0 Å². The zero-order chi connectivity index (χ0) is 10.0. The van der Waals surface area contributed by atoms with Gasteiger partial charge in [-0.2, -0.15) is 0 Å². The van der Waals surface area contributed by atoms with Crippen LogP contribution in [0.25, 0.3) is 0 Å². The SMILES string of the molecule is CC(C)c1ccc(N)c(CI)c1N. The first kappa shape index (κ1) is 10.6. The maximum absolute atomic E-state index is 6.01. The maximum atomic E-state index is 6.01. The minimum atomic E-state index is 0.460. The molecule has 0 aliphatic rings. The summed E-state index contributed by atoms with van der Waals surface area (Å²) in [6, 6.07) is 3.96. The Morgan fingerprint density at radius 1 is 1.31 bits per heavy atom. The molecule has 0 heterocycles. The van der Waals surface area contributed by atoms with E-state index in [0.717, 1.165) is 21.4 Å². The van der Waals surface area contributed by atoms with Crippen LogP contribution in [-0.2, 0) is 4.43 Å². The Balaban J connectivity index is 3.27. The standard InChI is InChI=1S/C10H15IN2/c1-6(2)7-3-4-9(12)8(5-11)10(7)13/h3-4,6H,5,12-13H2,1-2H3. The molecule has 13 heavy (non-hydrogen) atoms. The van der Waals surface area contributed by atoms with Crippen molar-refractivity contribution in [3.05, 3.63) is 23.3 Å². The Bertz CT molecular complexity index is 308. The van der Waals surface area contributed by atoms with Gasteiger partial charge in [0.25, 0.3) is 0 Å². The minimum Gasteiger partial charge on any atom is -0.398 e. The van der Waals surface area contributed by atoms with Crippen molar-refractivity contribution in [3.63, 3.8) is 0 Å². The molecule has 72 valence electrons. The number of hydrogen-bond acceptors (Lipinski definition) is 2. The summed E-state index contributed by atoms with van der Waals surface area (Å²) in [5.41, 5.74) is 15.8. The van der Waals surface area contributed by atoms with Gasteiger partial charge in [-0.15, -0.1) is 0 Å². The quantitative estimate of drug-likeness (QED) is 0.500. The van der Waals surface area contributed by atoms with Crippen molar-refractivity contribution in [3.8, 4) is 0 Å². The van der Waals surface area contributed by atoms with E-state index in [1.54, 1.807) is 0 Å². The van der Waals surface area contributed by atoms with Gasteiger partial charge in [0.15, 0.2) is 0 Å². The molecule has 0 atom stereocenters. The molecule has 0 aliphatic heterocycles. The molecule has 0 bridgehead atoms. The number of hydrogen-bond donors (Lipinski definition) is 2. The average Bonchev–Trinajstić information content (AvgIpc) is 2.04. The minimum absolute atomic E-state index is 0.460. The van der Waals surface area contributed by atoms with Crippen LogP contribution < -0.4 is 11.5 Å². The molecular formula is C10H15IN2. The van der Waals surface area contributed by atoms with E-state index in [2.05, 4.69) is 36.4 Å². The summed E-state index contributed by atoms with van der Waals surface area (Å²) in [5.74, 6) is 0.460. The second-order valence-electron chi connectivity index (χ2n) is 3.42. The highest BCUT2D eigenvalue weighted by atomic mass is 127. The van der Waals surface area contributed by atoms with Crippen molar-refractivity contribution >= 4 is 34.0 Å². The fraction of sp³-hybridized carbons (Fsp3) is 0.400. The molecule has 0 fully saturated rings. The van der Waals surface area contributed by atoms with Gasteiger partial charge >= 0.3 is 0 Å². The molecule has 0 saturated heterocycles. The van der Waals surface area contributed by atoms with Crippen molar-refractivity contribution in [2.75, 3.05) is 11.5 Å². The van der Waals surface area contributed by atoms with E-state index in [-0.39, 0.29) is 0 Å². The fourth-order valence-corrected chi connectivity index (χ4v) is 2.20. The number of anilines is 2. The molecule has 0 spiro atoms. The highest BCUT2D eigenvalue weighted by molar-refractivity contribution is 14.1. The molecule has 0 unspecified atom stereocenters. The fourth-order valence-electron chi connectivity index (χ4n) is 1.35. The van der Waals surface area contributed by atoms with Crippen molar-refractivity contribution < 1.29 is 0 Å². The Labute approximate surface area is 92.8 Å². The van der Waals surface area contributed by atoms with Crippen LogP contribution in [0.4, 0.5) is 11.4 Å². The highest BCUT2D eigenvalue weighted by Crippen LogP contribution is 2.30. The van der Waals surface area contributed by atoms with Gasteiger partial charge in [0.1, 0.15) is 0 Å². The van der Waals surface area contributed by atoms with Crippen LogP contribution in [0.1, 0.15) is 30.9 Å². The van der Waals surface area contributed by atoms with Crippen LogP contribution >= 0.6 is 22.6 Å². The molecule has 0 radical (unpaired) electrons. The van der Waals surface area contributed by atoms with E-state index in [1.807, 2.05) is 12.1 Å². The molecule has 0 saturated carbocycles. The van der Waals surface area contributed by atoms with Crippen molar-refractivity contribution in [2.45, 2.75) is 24.2 Å². The zero-order valence-corrected chi connectivity index (χ0v) is 10.1. The molecule has 1 aromatic rings. The van der Waals surface area contributed by atoms with E-state index < -0.39 is 0 Å². The number of benzene rings is 1. The topological polar surface area (TPSA) is 52.0 Å². The summed E-state index contributed by atoms with van der Waals surface area (Å²) in [4.78, 5) is 0. The van der Waals surface area contributed by atoms with Crippen molar-refractivity contribution in [1.29, 1.82) is 0 Å². The largest absolute Gasteiger partial charge is 0.398 e. The van der Waals surface area contributed by atoms with Crippen LogP contribution in [0.2, 0.25) is 0 Å². The van der Waals surface area contributed by atoms with Gasteiger partial charge in [-0.05, 0) is 17.5 Å². The molecule has 0 amide bonds. The summed E-state index contributed by atoms with van der Waals surface area (Å²) in [6.07, 6.45) is 0. The summed E-state index contributed by atoms with van der Waals surface area (Å²) >= 11 is 2.28. The van der Waals surface area contributed by atoms with Crippen LogP contribution in [-0.4, -0.2) is 0 Å². The number of nitrogens with two attached hydrogens (primary N) is 2. The lowest BCUT2D eigenvalue weighted by atomic mass is 9.98. The first-order chi connectivity index (χ1) is 6.07. The number of nitrogen functional groups attached to an aromatic ring is 2. The second-order valence-corrected chi connectivity index (χ2v) is 4.19. The summed E-state index contributed by atoms with van der Waals surface area (Å²) in [7, 11) is 0. The van der Waals surface area contributed by atoms with Gasteiger partial charge in [-0.3, -0.25) is 0 Å².